The van der Waals surface area contributed by atoms with E-state index in [2.05, 4.69) is 39.4 Å². The molecule has 2 aromatic rings. The number of hydrogen-bond acceptors (Lipinski definition) is 4. The van der Waals surface area contributed by atoms with Gasteiger partial charge < -0.3 is 9.64 Å². The van der Waals surface area contributed by atoms with Gasteiger partial charge >= 0.3 is 0 Å². The van der Waals surface area contributed by atoms with Gasteiger partial charge in [0, 0.05) is 19.7 Å². The maximum absolute atomic E-state index is 11.5. The molecule has 1 aromatic heterocycles. The second-order valence-corrected chi connectivity index (χ2v) is 6.09. The van der Waals surface area contributed by atoms with Gasteiger partial charge in [0.15, 0.2) is 0 Å². The summed E-state index contributed by atoms with van der Waals surface area (Å²) in [7, 11) is 0. The minimum absolute atomic E-state index is 0.182. The zero-order valence-electron chi connectivity index (χ0n) is 12.9. The van der Waals surface area contributed by atoms with Gasteiger partial charge in [-0.05, 0) is 24.8 Å². The predicted molar refractivity (Wildman–Crippen MR) is 91.2 cm³/mol. The van der Waals surface area contributed by atoms with Crippen molar-refractivity contribution in [2.45, 2.75) is 25.4 Å². The third kappa shape index (κ3) is 4.12. The molecule has 1 fully saturated rings. The van der Waals surface area contributed by atoms with E-state index in [1.807, 2.05) is 6.07 Å². The molecule has 1 saturated heterocycles. The zero-order chi connectivity index (χ0) is 16.1. The molecule has 0 amide bonds. The van der Waals surface area contributed by atoms with Crippen LogP contribution in [0.3, 0.4) is 0 Å². The van der Waals surface area contributed by atoms with Crippen LogP contribution in [0.2, 0.25) is 5.02 Å². The fourth-order valence-electron chi connectivity index (χ4n) is 2.85. The number of halogens is 1. The average Bonchev–Trinajstić information content (AvgIpc) is 3.04. The molecule has 0 unspecified atom stereocenters. The Hall–Kier alpha value is -1.85. The Morgan fingerprint density at radius 1 is 1.35 bits per heavy atom. The molecule has 0 bridgehead atoms. The van der Waals surface area contributed by atoms with Crippen molar-refractivity contribution in [3.05, 3.63) is 57.5 Å². The van der Waals surface area contributed by atoms with Gasteiger partial charge in [-0.3, -0.25) is 4.79 Å². The molecule has 122 valence electrons. The van der Waals surface area contributed by atoms with Crippen molar-refractivity contribution >= 4 is 17.3 Å². The third-order valence-electron chi connectivity index (χ3n) is 4.07. The van der Waals surface area contributed by atoms with E-state index in [1.165, 1.54) is 5.56 Å². The first kappa shape index (κ1) is 16.0. The topological polar surface area (TPSA) is 58.2 Å². The third-order valence-corrected chi connectivity index (χ3v) is 4.43. The minimum atomic E-state index is -0.351. The van der Waals surface area contributed by atoms with Crippen LogP contribution in [-0.2, 0) is 11.2 Å². The highest BCUT2D eigenvalue weighted by molar-refractivity contribution is 6.33. The number of ether oxygens (including phenoxy) is 1. The van der Waals surface area contributed by atoms with Crippen LogP contribution < -0.4 is 10.5 Å². The van der Waals surface area contributed by atoms with Crippen LogP contribution >= 0.6 is 11.6 Å². The van der Waals surface area contributed by atoms with E-state index in [9.17, 15) is 4.79 Å². The van der Waals surface area contributed by atoms with Crippen molar-refractivity contribution < 1.29 is 4.74 Å². The molecule has 0 spiro atoms. The van der Waals surface area contributed by atoms with E-state index in [0.29, 0.717) is 5.69 Å². The maximum atomic E-state index is 11.5. The van der Waals surface area contributed by atoms with E-state index in [-0.39, 0.29) is 16.7 Å². The Bertz CT molecular complexity index is 690. The molecule has 1 aliphatic heterocycles. The Kier molecular flexibility index (Phi) is 5.31. The molecule has 1 aromatic carbocycles. The molecule has 1 N–H and O–H groups in total. The van der Waals surface area contributed by atoms with Crippen molar-refractivity contribution in [2.75, 3.05) is 24.6 Å². The van der Waals surface area contributed by atoms with Crippen molar-refractivity contribution in [3.8, 4) is 0 Å². The van der Waals surface area contributed by atoms with E-state index < -0.39 is 0 Å². The SMILES string of the molecule is O=c1[nH]ncc(N2CC[C@H](OCCCc3ccccc3)C2)c1Cl. The van der Waals surface area contributed by atoms with Gasteiger partial charge in [0.25, 0.3) is 5.56 Å². The molecule has 2 heterocycles. The number of anilines is 1. The number of benzene rings is 1. The summed E-state index contributed by atoms with van der Waals surface area (Å²) >= 11 is 6.05. The summed E-state index contributed by atoms with van der Waals surface area (Å²) in [4.78, 5) is 13.6. The summed E-state index contributed by atoms with van der Waals surface area (Å²) < 4.78 is 5.96. The normalized spacial score (nSPS) is 17.6. The molecule has 0 saturated carbocycles. The number of nitrogens with zero attached hydrogens (tertiary/aromatic N) is 2. The highest BCUT2D eigenvalue weighted by atomic mass is 35.5. The molecular formula is C17H20ClN3O2. The van der Waals surface area contributed by atoms with Crippen molar-refractivity contribution in [1.82, 2.24) is 10.2 Å². The number of aromatic amines is 1. The Balaban J connectivity index is 1.45. The molecule has 1 aliphatic rings. The first-order chi connectivity index (χ1) is 11.2. The number of hydrogen-bond donors (Lipinski definition) is 1. The number of nitrogens with one attached hydrogen (secondary N) is 1. The van der Waals surface area contributed by atoms with Crippen LogP contribution in [0.15, 0.2) is 41.3 Å². The van der Waals surface area contributed by atoms with Gasteiger partial charge in [-0.25, -0.2) is 5.10 Å². The Morgan fingerprint density at radius 2 is 2.17 bits per heavy atom. The van der Waals surface area contributed by atoms with Crippen molar-refractivity contribution in [1.29, 1.82) is 0 Å². The summed E-state index contributed by atoms with van der Waals surface area (Å²) in [6, 6.07) is 10.4. The van der Waals surface area contributed by atoms with Crippen LogP contribution in [0, 0.1) is 0 Å². The molecule has 6 heteroatoms. The van der Waals surface area contributed by atoms with Crippen LogP contribution in [-0.4, -0.2) is 36.0 Å². The highest BCUT2D eigenvalue weighted by Crippen LogP contribution is 2.25. The molecule has 23 heavy (non-hydrogen) atoms. The van der Waals surface area contributed by atoms with Gasteiger partial charge in [0.2, 0.25) is 0 Å². The predicted octanol–water partition coefficient (Wildman–Crippen LogP) is 2.65. The lowest BCUT2D eigenvalue weighted by molar-refractivity contribution is 0.0667. The molecule has 5 nitrogen and oxygen atoms in total. The van der Waals surface area contributed by atoms with Crippen LogP contribution in [0.4, 0.5) is 5.69 Å². The van der Waals surface area contributed by atoms with E-state index in [4.69, 9.17) is 16.3 Å². The molecule has 0 aliphatic carbocycles. The summed E-state index contributed by atoms with van der Waals surface area (Å²) in [5.41, 5.74) is 1.67. The molecule has 1 atom stereocenters. The summed E-state index contributed by atoms with van der Waals surface area (Å²) in [6.07, 6.45) is 4.76. The van der Waals surface area contributed by atoms with Gasteiger partial charge in [-0.2, -0.15) is 5.10 Å². The quantitative estimate of drug-likeness (QED) is 0.826. The minimum Gasteiger partial charge on any atom is -0.376 e. The van der Waals surface area contributed by atoms with Crippen LogP contribution in [0.5, 0.6) is 0 Å². The van der Waals surface area contributed by atoms with Crippen LogP contribution in [0.25, 0.3) is 0 Å². The van der Waals surface area contributed by atoms with Gasteiger partial charge in [-0.1, -0.05) is 41.9 Å². The lowest BCUT2D eigenvalue weighted by atomic mass is 10.1. The smallest absolute Gasteiger partial charge is 0.285 e. The number of aryl methyl sites for hydroxylation is 1. The van der Waals surface area contributed by atoms with Gasteiger partial charge in [-0.15, -0.1) is 0 Å². The second kappa shape index (κ2) is 7.62. The average molecular weight is 334 g/mol. The van der Waals surface area contributed by atoms with E-state index in [1.54, 1.807) is 6.20 Å². The summed E-state index contributed by atoms with van der Waals surface area (Å²) in [5.74, 6) is 0. The van der Waals surface area contributed by atoms with E-state index in [0.717, 1.165) is 39.0 Å². The van der Waals surface area contributed by atoms with Crippen LogP contribution in [0.1, 0.15) is 18.4 Å². The fourth-order valence-corrected chi connectivity index (χ4v) is 3.06. The first-order valence-corrected chi connectivity index (χ1v) is 8.25. The lowest BCUT2D eigenvalue weighted by Crippen LogP contribution is -2.25. The first-order valence-electron chi connectivity index (χ1n) is 7.87. The van der Waals surface area contributed by atoms with Gasteiger partial charge in [0.1, 0.15) is 5.02 Å². The van der Waals surface area contributed by atoms with Crippen molar-refractivity contribution in [2.24, 2.45) is 0 Å². The number of H-pyrrole nitrogens is 1. The molecular weight excluding hydrogens is 314 g/mol. The monoisotopic (exact) mass is 333 g/mol. The molecule has 3 rings (SSSR count). The highest BCUT2D eigenvalue weighted by Gasteiger charge is 2.25. The Morgan fingerprint density at radius 3 is 3.00 bits per heavy atom. The lowest BCUT2D eigenvalue weighted by Gasteiger charge is -2.18. The second-order valence-electron chi connectivity index (χ2n) is 5.71. The maximum Gasteiger partial charge on any atom is 0.285 e. The zero-order valence-corrected chi connectivity index (χ0v) is 13.6. The standard InChI is InChI=1S/C17H20ClN3O2/c18-16-15(11-19-20-17(16)22)21-9-8-14(12-21)23-10-4-7-13-5-2-1-3-6-13/h1-3,5-6,11,14H,4,7-10,12H2,(H,20,22)/t14-/m0/s1. The number of aromatic nitrogens is 2. The summed E-state index contributed by atoms with van der Waals surface area (Å²) in [6.45, 7) is 2.32. The van der Waals surface area contributed by atoms with Crippen molar-refractivity contribution in [3.63, 3.8) is 0 Å². The fraction of sp³-hybridized carbons (Fsp3) is 0.412. The van der Waals surface area contributed by atoms with Gasteiger partial charge in [0.05, 0.1) is 18.0 Å². The summed E-state index contributed by atoms with van der Waals surface area (Å²) in [5, 5.41) is 6.35. The number of rotatable bonds is 6. The Labute approximate surface area is 140 Å². The molecule has 0 radical (unpaired) electrons. The van der Waals surface area contributed by atoms with E-state index >= 15 is 0 Å². The largest absolute Gasteiger partial charge is 0.376 e.